The van der Waals surface area contributed by atoms with E-state index in [1.165, 1.54) is 51.9 Å². The number of nitrogens with one attached hydrogen (secondary N) is 1. The number of nitrogens with zero attached hydrogens (tertiary/aromatic N) is 3. The van der Waals surface area contributed by atoms with Crippen molar-refractivity contribution < 1.29 is 0 Å². The lowest BCUT2D eigenvalue weighted by atomic mass is 10.1. The quantitative estimate of drug-likeness (QED) is 0.686. The van der Waals surface area contributed by atoms with Crippen molar-refractivity contribution in [2.24, 2.45) is 0 Å². The van der Waals surface area contributed by atoms with E-state index in [0.29, 0.717) is 0 Å². The van der Waals surface area contributed by atoms with E-state index in [9.17, 15) is 0 Å². The van der Waals surface area contributed by atoms with E-state index in [1.807, 2.05) is 0 Å². The van der Waals surface area contributed by atoms with Gasteiger partial charge in [0.05, 0.1) is 0 Å². The van der Waals surface area contributed by atoms with Crippen LogP contribution in [-0.2, 0) is 0 Å². The summed E-state index contributed by atoms with van der Waals surface area (Å²) in [7, 11) is 6.61. The Morgan fingerprint density at radius 1 is 1.11 bits per heavy atom. The third-order valence-electron chi connectivity index (χ3n) is 4.80. The maximum atomic E-state index is 3.58. The molecule has 0 aromatic carbocycles. The lowest BCUT2D eigenvalue weighted by Gasteiger charge is -2.25. The third kappa shape index (κ3) is 4.71. The van der Waals surface area contributed by atoms with Gasteiger partial charge in [-0.05, 0) is 66.5 Å². The van der Waals surface area contributed by atoms with Crippen molar-refractivity contribution >= 4 is 0 Å². The molecule has 0 aromatic rings. The summed E-state index contributed by atoms with van der Waals surface area (Å²) in [5.41, 5.74) is 0. The molecular formula is C15H32N4. The molecule has 4 nitrogen and oxygen atoms in total. The molecule has 0 spiro atoms. The molecule has 0 aromatic heterocycles. The van der Waals surface area contributed by atoms with Crippen molar-refractivity contribution in [3.05, 3.63) is 0 Å². The summed E-state index contributed by atoms with van der Waals surface area (Å²) in [5, 5.41) is 3.58. The number of hydrogen-bond donors (Lipinski definition) is 1. The van der Waals surface area contributed by atoms with Crippen LogP contribution in [0.15, 0.2) is 0 Å². The Kier molecular flexibility index (Phi) is 6.07. The van der Waals surface area contributed by atoms with E-state index in [1.54, 1.807) is 0 Å². The zero-order chi connectivity index (χ0) is 13.7. The first-order valence-corrected chi connectivity index (χ1v) is 7.96. The van der Waals surface area contributed by atoms with Crippen LogP contribution in [0.25, 0.3) is 0 Å². The van der Waals surface area contributed by atoms with Crippen LogP contribution < -0.4 is 5.32 Å². The Morgan fingerprint density at radius 3 is 2.68 bits per heavy atom. The SMILES string of the molecule is CN(C)CCCNCCN1CCC2CCC(C1)N2C. The highest BCUT2D eigenvalue weighted by molar-refractivity contribution is 4.91. The second kappa shape index (κ2) is 7.58. The van der Waals surface area contributed by atoms with Gasteiger partial charge in [0.25, 0.3) is 0 Å². The fourth-order valence-corrected chi connectivity index (χ4v) is 3.46. The van der Waals surface area contributed by atoms with Gasteiger partial charge in [0.15, 0.2) is 0 Å². The van der Waals surface area contributed by atoms with E-state index in [-0.39, 0.29) is 0 Å². The molecule has 2 aliphatic rings. The van der Waals surface area contributed by atoms with Gasteiger partial charge in [0.1, 0.15) is 0 Å². The molecule has 112 valence electrons. The molecule has 0 saturated carbocycles. The lowest BCUT2D eigenvalue weighted by Crippen LogP contribution is -2.39. The normalized spacial score (nSPS) is 29.1. The van der Waals surface area contributed by atoms with Crippen molar-refractivity contribution in [1.29, 1.82) is 0 Å². The maximum absolute atomic E-state index is 3.58. The number of hydrogen-bond acceptors (Lipinski definition) is 4. The summed E-state index contributed by atoms with van der Waals surface area (Å²) >= 11 is 0. The predicted octanol–water partition coefficient (Wildman–Crippen LogP) is 0.696. The Labute approximate surface area is 119 Å². The molecular weight excluding hydrogens is 236 g/mol. The monoisotopic (exact) mass is 268 g/mol. The van der Waals surface area contributed by atoms with Gasteiger partial charge in [0.2, 0.25) is 0 Å². The van der Waals surface area contributed by atoms with Crippen LogP contribution in [0.1, 0.15) is 25.7 Å². The highest BCUT2D eigenvalue weighted by Crippen LogP contribution is 2.28. The van der Waals surface area contributed by atoms with E-state index in [4.69, 9.17) is 0 Å². The van der Waals surface area contributed by atoms with Gasteiger partial charge < -0.3 is 15.1 Å². The summed E-state index contributed by atoms with van der Waals surface area (Å²) in [4.78, 5) is 7.55. The number of rotatable bonds is 7. The van der Waals surface area contributed by atoms with Crippen molar-refractivity contribution in [2.45, 2.75) is 37.8 Å². The molecule has 2 rings (SSSR count). The first kappa shape index (κ1) is 15.2. The van der Waals surface area contributed by atoms with Crippen molar-refractivity contribution in [1.82, 2.24) is 20.0 Å². The summed E-state index contributed by atoms with van der Waals surface area (Å²) < 4.78 is 0. The van der Waals surface area contributed by atoms with Gasteiger partial charge in [0, 0.05) is 31.7 Å². The minimum absolute atomic E-state index is 0.821. The first-order chi connectivity index (χ1) is 9.16. The zero-order valence-corrected chi connectivity index (χ0v) is 13.1. The van der Waals surface area contributed by atoms with Crippen LogP contribution in [0.2, 0.25) is 0 Å². The molecule has 2 fully saturated rings. The second-order valence-electron chi connectivity index (χ2n) is 6.55. The number of likely N-dealkylation sites (tertiary alicyclic amines) is 1. The number of likely N-dealkylation sites (N-methyl/N-ethyl adjacent to an activating group) is 1. The van der Waals surface area contributed by atoms with Gasteiger partial charge in [-0.2, -0.15) is 0 Å². The minimum atomic E-state index is 0.821. The highest BCUT2D eigenvalue weighted by Gasteiger charge is 2.34. The Hall–Kier alpha value is -0.160. The Morgan fingerprint density at radius 2 is 1.89 bits per heavy atom. The fourth-order valence-electron chi connectivity index (χ4n) is 3.46. The molecule has 0 amide bonds. The summed E-state index contributed by atoms with van der Waals surface area (Å²) in [6, 6.07) is 1.68. The highest BCUT2D eigenvalue weighted by atomic mass is 15.3. The van der Waals surface area contributed by atoms with E-state index in [2.05, 4.69) is 41.2 Å². The van der Waals surface area contributed by atoms with E-state index in [0.717, 1.165) is 25.2 Å². The molecule has 2 atom stereocenters. The average Bonchev–Trinajstić information content (AvgIpc) is 2.60. The van der Waals surface area contributed by atoms with Crippen LogP contribution in [0.4, 0.5) is 0 Å². The van der Waals surface area contributed by atoms with E-state index < -0.39 is 0 Å². The second-order valence-corrected chi connectivity index (χ2v) is 6.55. The van der Waals surface area contributed by atoms with Gasteiger partial charge in [-0.25, -0.2) is 0 Å². The van der Waals surface area contributed by atoms with Crippen LogP contribution in [-0.4, -0.2) is 87.2 Å². The summed E-state index contributed by atoms with van der Waals surface area (Å²) in [6.45, 7) is 7.29. The van der Waals surface area contributed by atoms with Crippen molar-refractivity contribution in [3.63, 3.8) is 0 Å². The van der Waals surface area contributed by atoms with Gasteiger partial charge >= 0.3 is 0 Å². The van der Waals surface area contributed by atoms with Crippen LogP contribution in [0.5, 0.6) is 0 Å². The van der Waals surface area contributed by atoms with Crippen LogP contribution in [0, 0.1) is 0 Å². The van der Waals surface area contributed by atoms with E-state index >= 15 is 0 Å². The zero-order valence-electron chi connectivity index (χ0n) is 13.1. The molecule has 1 N–H and O–H groups in total. The molecule has 2 saturated heterocycles. The Bertz CT molecular complexity index is 257. The molecule has 2 aliphatic heterocycles. The van der Waals surface area contributed by atoms with Gasteiger partial charge in [-0.1, -0.05) is 0 Å². The topological polar surface area (TPSA) is 21.8 Å². The van der Waals surface area contributed by atoms with Crippen molar-refractivity contribution in [3.8, 4) is 0 Å². The largest absolute Gasteiger partial charge is 0.315 e. The third-order valence-corrected chi connectivity index (χ3v) is 4.80. The first-order valence-electron chi connectivity index (χ1n) is 7.96. The molecule has 0 aliphatic carbocycles. The minimum Gasteiger partial charge on any atom is -0.315 e. The Balaban J connectivity index is 1.57. The predicted molar refractivity (Wildman–Crippen MR) is 81.7 cm³/mol. The molecule has 4 heteroatoms. The molecule has 2 heterocycles. The standard InChI is InChI=1S/C15H32N4/c1-17(2)10-4-8-16-9-12-19-11-7-14-5-6-15(13-19)18(14)3/h14-16H,4-13H2,1-3H3. The van der Waals surface area contributed by atoms with Gasteiger partial charge in [-0.15, -0.1) is 0 Å². The fraction of sp³-hybridized carbons (Fsp3) is 1.00. The van der Waals surface area contributed by atoms with Crippen LogP contribution in [0.3, 0.4) is 0 Å². The summed E-state index contributed by atoms with van der Waals surface area (Å²) in [6.07, 6.45) is 5.46. The lowest BCUT2D eigenvalue weighted by molar-refractivity contribution is 0.219. The summed E-state index contributed by atoms with van der Waals surface area (Å²) in [5.74, 6) is 0. The van der Waals surface area contributed by atoms with Crippen LogP contribution >= 0.6 is 0 Å². The molecule has 2 unspecified atom stereocenters. The molecule has 2 bridgehead atoms. The number of fused-ring (bicyclic) bond motifs is 2. The maximum Gasteiger partial charge on any atom is 0.0223 e. The smallest absolute Gasteiger partial charge is 0.0223 e. The van der Waals surface area contributed by atoms with Gasteiger partial charge in [-0.3, -0.25) is 4.90 Å². The average molecular weight is 268 g/mol. The van der Waals surface area contributed by atoms with Crippen molar-refractivity contribution in [2.75, 3.05) is 60.4 Å². The molecule has 0 radical (unpaired) electrons. The molecule has 19 heavy (non-hydrogen) atoms.